The van der Waals surface area contributed by atoms with E-state index < -0.39 is 44.4 Å². The molecule has 0 radical (unpaired) electrons. The molecule has 3 rings (SSSR count). The van der Waals surface area contributed by atoms with Crippen LogP contribution in [0.25, 0.3) is 0 Å². The zero-order chi connectivity index (χ0) is 16.8. The minimum Gasteiger partial charge on any atom is -0.481 e. The summed E-state index contributed by atoms with van der Waals surface area (Å²) in [6, 6.07) is 3.18. The zero-order valence-corrected chi connectivity index (χ0v) is 13.2. The number of nitrogens with zero attached hydrogens (tertiary/aromatic N) is 1. The summed E-state index contributed by atoms with van der Waals surface area (Å²) in [5, 5.41) is 9.49. The Morgan fingerprint density at radius 3 is 2.57 bits per heavy atom. The van der Waals surface area contributed by atoms with Crippen LogP contribution < -0.4 is 0 Å². The Balaban J connectivity index is 1.86. The van der Waals surface area contributed by atoms with Crippen molar-refractivity contribution >= 4 is 16.0 Å². The van der Waals surface area contributed by atoms with Gasteiger partial charge in [-0.1, -0.05) is 12.5 Å². The highest BCUT2D eigenvalue weighted by molar-refractivity contribution is 7.88. The lowest BCUT2D eigenvalue weighted by molar-refractivity contribution is -0.149. The summed E-state index contributed by atoms with van der Waals surface area (Å²) in [6.45, 7) is -0.0177. The summed E-state index contributed by atoms with van der Waals surface area (Å²) in [5.41, 5.74) is -1.56. The van der Waals surface area contributed by atoms with Gasteiger partial charge in [0.1, 0.15) is 11.6 Å². The first-order valence-corrected chi connectivity index (χ1v) is 9.01. The van der Waals surface area contributed by atoms with Crippen molar-refractivity contribution in [2.75, 3.05) is 13.1 Å². The predicted molar refractivity (Wildman–Crippen MR) is 78.0 cm³/mol. The summed E-state index contributed by atoms with van der Waals surface area (Å²) < 4.78 is 53.5. The second-order valence-corrected chi connectivity index (χ2v) is 8.27. The predicted octanol–water partition coefficient (Wildman–Crippen LogP) is 1.98. The molecule has 8 heteroatoms. The largest absolute Gasteiger partial charge is 0.481 e. The molecular weight excluding hydrogens is 328 g/mol. The van der Waals surface area contributed by atoms with Crippen LogP contribution in [-0.2, 0) is 20.6 Å². The average Bonchev–Trinajstić information content (AvgIpc) is 3.01. The number of aliphatic carboxylic acids is 1. The fraction of sp³-hybridized carbons (Fsp3) is 0.533. The maximum atomic E-state index is 13.7. The van der Waals surface area contributed by atoms with Gasteiger partial charge in [0.25, 0.3) is 0 Å². The summed E-state index contributed by atoms with van der Waals surface area (Å²) in [7, 11) is -3.98. The van der Waals surface area contributed by atoms with Crippen molar-refractivity contribution in [1.29, 1.82) is 0 Å². The number of halogens is 2. The third kappa shape index (κ3) is 2.63. The number of sulfonamides is 1. The molecule has 1 saturated heterocycles. The van der Waals surface area contributed by atoms with Gasteiger partial charge in [0, 0.05) is 18.7 Å². The first-order valence-electron chi connectivity index (χ1n) is 7.40. The summed E-state index contributed by atoms with van der Waals surface area (Å²) in [4.78, 5) is 11.6. The fourth-order valence-electron chi connectivity index (χ4n) is 3.75. The van der Waals surface area contributed by atoms with E-state index in [-0.39, 0.29) is 19.0 Å². The Hall–Kier alpha value is -1.54. The summed E-state index contributed by atoms with van der Waals surface area (Å²) in [6.07, 6.45) is 1.85. The minimum atomic E-state index is -3.98. The minimum absolute atomic E-state index is 0.102. The molecule has 1 saturated carbocycles. The van der Waals surface area contributed by atoms with Crippen molar-refractivity contribution in [1.82, 2.24) is 4.31 Å². The van der Waals surface area contributed by atoms with Crippen LogP contribution >= 0.6 is 0 Å². The molecule has 126 valence electrons. The van der Waals surface area contributed by atoms with Crippen molar-refractivity contribution in [3.63, 3.8) is 0 Å². The third-order valence-electron chi connectivity index (χ3n) is 5.05. The van der Waals surface area contributed by atoms with Crippen LogP contribution in [-0.4, -0.2) is 36.9 Å². The van der Waals surface area contributed by atoms with E-state index in [1.54, 1.807) is 0 Å². The molecule has 1 aromatic carbocycles. The van der Waals surface area contributed by atoms with Gasteiger partial charge < -0.3 is 5.11 Å². The van der Waals surface area contributed by atoms with Crippen LogP contribution in [0.15, 0.2) is 18.2 Å². The second-order valence-electron chi connectivity index (χ2n) is 6.30. The first-order chi connectivity index (χ1) is 10.8. The lowest BCUT2D eigenvalue weighted by atomic mass is 9.81. The van der Waals surface area contributed by atoms with E-state index in [1.807, 2.05) is 0 Å². The zero-order valence-electron chi connectivity index (χ0n) is 12.3. The molecule has 1 heterocycles. The molecule has 0 aromatic heterocycles. The molecule has 23 heavy (non-hydrogen) atoms. The Morgan fingerprint density at radius 1 is 1.35 bits per heavy atom. The van der Waals surface area contributed by atoms with Crippen molar-refractivity contribution in [2.24, 2.45) is 11.3 Å². The van der Waals surface area contributed by atoms with E-state index >= 15 is 0 Å². The number of fused-ring (bicyclic) bond motifs is 1. The molecule has 2 fully saturated rings. The molecule has 5 nitrogen and oxygen atoms in total. The van der Waals surface area contributed by atoms with Crippen LogP contribution in [0.1, 0.15) is 24.8 Å². The maximum absolute atomic E-state index is 13.7. The number of benzene rings is 1. The Bertz CT molecular complexity index is 732. The average molecular weight is 345 g/mol. The van der Waals surface area contributed by atoms with Crippen LogP contribution in [0.3, 0.4) is 0 Å². The summed E-state index contributed by atoms with van der Waals surface area (Å²) >= 11 is 0. The highest BCUT2D eigenvalue weighted by atomic mass is 32.2. The van der Waals surface area contributed by atoms with Gasteiger partial charge >= 0.3 is 5.97 Å². The standard InChI is InChI=1S/C15H17F2NO4S/c16-12-4-1-5-13(17)11(12)8-23(21,22)18-7-10-3-2-6-15(10,9-18)14(19)20/h1,4-5,10H,2-3,6-9H2,(H,19,20)/t10-,15+/m0/s1. The van der Waals surface area contributed by atoms with Gasteiger partial charge in [-0.3, -0.25) is 4.79 Å². The highest BCUT2D eigenvalue weighted by Gasteiger charge is 2.57. The molecule has 2 atom stereocenters. The van der Waals surface area contributed by atoms with E-state index in [4.69, 9.17) is 0 Å². The van der Waals surface area contributed by atoms with Gasteiger partial charge in [0.05, 0.1) is 11.2 Å². The molecule has 0 spiro atoms. The lowest BCUT2D eigenvalue weighted by Gasteiger charge is -2.23. The number of hydrogen-bond donors (Lipinski definition) is 1. The number of hydrogen-bond acceptors (Lipinski definition) is 3. The van der Waals surface area contributed by atoms with Gasteiger partial charge in [-0.2, -0.15) is 0 Å². The molecule has 0 bridgehead atoms. The number of rotatable bonds is 4. The Kier molecular flexibility index (Phi) is 3.92. The van der Waals surface area contributed by atoms with Gasteiger partial charge in [-0.05, 0) is 30.9 Å². The van der Waals surface area contributed by atoms with Gasteiger partial charge in [0.2, 0.25) is 10.0 Å². The molecule has 0 amide bonds. The fourth-order valence-corrected chi connectivity index (χ4v) is 5.41. The van der Waals surface area contributed by atoms with E-state index in [1.165, 1.54) is 6.07 Å². The first kappa shape index (κ1) is 16.3. The quantitative estimate of drug-likeness (QED) is 0.905. The summed E-state index contributed by atoms with van der Waals surface area (Å²) in [5.74, 6) is -3.86. The molecular formula is C15H17F2NO4S. The molecule has 0 unspecified atom stereocenters. The van der Waals surface area contributed by atoms with Crippen LogP contribution in [0.5, 0.6) is 0 Å². The normalized spacial score (nSPS) is 28.0. The molecule has 1 aromatic rings. The van der Waals surface area contributed by atoms with Gasteiger partial charge in [0.15, 0.2) is 0 Å². The molecule has 1 aliphatic carbocycles. The smallest absolute Gasteiger partial charge is 0.311 e. The second kappa shape index (κ2) is 5.52. The van der Waals surface area contributed by atoms with Crippen molar-refractivity contribution in [2.45, 2.75) is 25.0 Å². The number of carboxylic acid groups (broad SMARTS) is 1. The van der Waals surface area contributed by atoms with E-state index in [9.17, 15) is 27.1 Å². The number of carbonyl (C=O) groups is 1. The van der Waals surface area contributed by atoms with Gasteiger partial charge in [-0.25, -0.2) is 21.5 Å². The van der Waals surface area contributed by atoms with E-state index in [0.29, 0.717) is 12.8 Å². The monoisotopic (exact) mass is 345 g/mol. The third-order valence-corrected chi connectivity index (χ3v) is 6.77. The van der Waals surface area contributed by atoms with Crippen LogP contribution in [0, 0.1) is 23.0 Å². The maximum Gasteiger partial charge on any atom is 0.311 e. The van der Waals surface area contributed by atoms with Crippen molar-refractivity contribution in [3.8, 4) is 0 Å². The number of carboxylic acids is 1. The molecule has 1 aliphatic heterocycles. The van der Waals surface area contributed by atoms with Crippen molar-refractivity contribution < 1.29 is 27.1 Å². The highest BCUT2D eigenvalue weighted by Crippen LogP contribution is 2.49. The Morgan fingerprint density at radius 2 is 2.00 bits per heavy atom. The SMILES string of the molecule is O=C(O)[C@@]12CCC[C@H]1CN(S(=O)(=O)Cc1c(F)cccc1F)C2. The topological polar surface area (TPSA) is 74.7 Å². The molecule has 1 N–H and O–H groups in total. The molecule has 2 aliphatic rings. The van der Waals surface area contributed by atoms with E-state index in [2.05, 4.69) is 0 Å². The van der Waals surface area contributed by atoms with Crippen LogP contribution in [0.2, 0.25) is 0 Å². The van der Waals surface area contributed by atoms with Crippen LogP contribution in [0.4, 0.5) is 8.78 Å². The Labute approximate surface area is 133 Å². The van der Waals surface area contributed by atoms with E-state index in [0.717, 1.165) is 22.9 Å². The van der Waals surface area contributed by atoms with Crippen molar-refractivity contribution in [3.05, 3.63) is 35.4 Å². The lowest BCUT2D eigenvalue weighted by Crippen LogP contribution is -2.37. The van der Waals surface area contributed by atoms with Gasteiger partial charge in [-0.15, -0.1) is 0 Å².